The molecule has 1 fully saturated rings. The first-order chi connectivity index (χ1) is 10.4. The van der Waals surface area contributed by atoms with Gasteiger partial charge in [-0.3, -0.25) is 0 Å². The van der Waals surface area contributed by atoms with Crippen molar-refractivity contribution < 1.29 is 0 Å². The fraction of sp³-hybridized carbons (Fsp3) is 0.500. The smallest absolute Gasteiger partial charge is 0.00148 e. The van der Waals surface area contributed by atoms with E-state index in [0.717, 1.165) is 18.4 Å². The molecule has 0 aromatic heterocycles. The number of hydrogen-bond donors (Lipinski definition) is 1. The van der Waals surface area contributed by atoms with Gasteiger partial charge in [-0.2, -0.15) is 0 Å². The van der Waals surface area contributed by atoms with Crippen LogP contribution in [0.15, 0.2) is 42.5 Å². The van der Waals surface area contributed by atoms with Crippen molar-refractivity contribution >= 4 is 10.8 Å². The van der Waals surface area contributed by atoms with Crippen LogP contribution in [0.4, 0.5) is 0 Å². The monoisotopic (exact) mass is 281 g/mol. The molecule has 3 rings (SSSR count). The maximum Gasteiger partial charge on any atom is -0.00148 e. The van der Waals surface area contributed by atoms with E-state index >= 15 is 0 Å². The Balaban J connectivity index is 1.82. The normalized spacial score (nSPS) is 17.4. The van der Waals surface area contributed by atoms with Crippen LogP contribution in [0, 0.1) is 11.8 Å². The second-order valence-electron chi connectivity index (χ2n) is 6.45. The highest BCUT2D eigenvalue weighted by atomic mass is 14.8. The summed E-state index contributed by atoms with van der Waals surface area (Å²) in [4.78, 5) is 0. The van der Waals surface area contributed by atoms with Gasteiger partial charge in [-0.25, -0.2) is 0 Å². The van der Waals surface area contributed by atoms with Gasteiger partial charge < -0.3 is 5.32 Å². The minimum absolute atomic E-state index is 0.790. The first-order valence-corrected chi connectivity index (χ1v) is 8.56. The van der Waals surface area contributed by atoms with Crippen molar-refractivity contribution in [3.63, 3.8) is 0 Å². The van der Waals surface area contributed by atoms with Crippen LogP contribution >= 0.6 is 0 Å². The summed E-state index contributed by atoms with van der Waals surface area (Å²) < 4.78 is 0. The van der Waals surface area contributed by atoms with Crippen LogP contribution in [-0.2, 0) is 6.42 Å². The minimum atomic E-state index is 0.790. The summed E-state index contributed by atoms with van der Waals surface area (Å²) in [5.74, 6) is 1.71. The number of rotatable bonds is 6. The molecule has 0 bridgehead atoms. The molecular formula is C20H27N. The van der Waals surface area contributed by atoms with Crippen LogP contribution in [0.2, 0.25) is 0 Å². The van der Waals surface area contributed by atoms with Crippen LogP contribution in [0.3, 0.4) is 0 Å². The summed E-state index contributed by atoms with van der Waals surface area (Å²) in [6, 6.07) is 15.6. The molecule has 0 radical (unpaired) electrons. The quantitative estimate of drug-likeness (QED) is 0.802. The molecule has 1 aliphatic rings. The summed E-state index contributed by atoms with van der Waals surface area (Å²) in [5.41, 5.74) is 1.53. The number of benzene rings is 2. The minimum Gasteiger partial charge on any atom is -0.317 e. The molecule has 1 N–H and O–H groups in total. The lowest BCUT2D eigenvalue weighted by Crippen LogP contribution is -2.28. The molecule has 1 saturated carbocycles. The predicted molar refractivity (Wildman–Crippen MR) is 91.6 cm³/mol. The van der Waals surface area contributed by atoms with Gasteiger partial charge in [0, 0.05) is 0 Å². The lowest BCUT2D eigenvalue weighted by Gasteiger charge is -2.24. The third-order valence-electron chi connectivity index (χ3n) is 5.09. The van der Waals surface area contributed by atoms with Crippen LogP contribution in [0.1, 0.15) is 38.2 Å². The predicted octanol–water partition coefficient (Wildman–Crippen LogP) is 4.80. The van der Waals surface area contributed by atoms with Crippen LogP contribution in [0.25, 0.3) is 10.8 Å². The van der Waals surface area contributed by atoms with Crippen molar-refractivity contribution in [2.45, 2.75) is 39.0 Å². The van der Waals surface area contributed by atoms with Crippen molar-refractivity contribution in [2.24, 2.45) is 11.8 Å². The van der Waals surface area contributed by atoms with E-state index in [1.807, 2.05) is 0 Å². The lowest BCUT2D eigenvalue weighted by molar-refractivity contribution is 0.324. The maximum atomic E-state index is 3.59. The van der Waals surface area contributed by atoms with Gasteiger partial charge in [0.15, 0.2) is 0 Å². The van der Waals surface area contributed by atoms with Gasteiger partial charge in [0.05, 0.1) is 0 Å². The Hall–Kier alpha value is -1.34. The second kappa shape index (κ2) is 7.09. The Labute approximate surface area is 128 Å². The Morgan fingerprint density at radius 2 is 1.81 bits per heavy atom. The molecule has 2 aromatic rings. The van der Waals surface area contributed by atoms with Crippen LogP contribution in [-0.4, -0.2) is 13.1 Å². The zero-order chi connectivity index (χ0) is 14.5. The summed E-state index contributed by atoms with van der Waals surface area (Å²) in [6.07, 6.45) is 6.95. The maximum absolute atomic E-state index is 3.59. The third kappa shape index (κ3) is 3.47. The molecule has 0 spiro atoms. The standard InChI is InChI=1S/C20H27N/c1-2-21-15-19(16-8-3-4-9-16)14-18-12-7-11-17-10-5-6-13-20(17)18/h5-7,10-13,16,19,21H,2-4,8-9,14-15H2,1H3. The fourth-order valence-electron chi connectivity index (χ4n) is 3.92. The molecular weight excluding hydrogens is 254 g/mol. The van der Waals surface area contributed by atoms with Crippen molar-refractivity contribution in [1.82, 2.24) is 5.32 Å². The van der Waals surface area contributed by atoms with Gasteiger partial charge in [-0.05, 0) is 47.7 Å². The van der Waals surface area contributed by atoms with E-state index in [1.54, 1.807) is 0 Å². The van der Waals surface area contributed by atoms with Gasteiger partial charge in [0.2, 0.25) is 0 Å². The largest absolute Gasteiger partial charge is 0.317 e. The van der Waals surface area contributed by atoms with Crippen molar-refractivity contribution in [3.8, 4) is 0 Å². The lowest BCUT2D eigenvalue weighted by atomic mass is 9.84. The highest BCUT2D eigenvalue weighted by Gasteiger charge is 2.25. The average molecular weight is 281 g/mol. The van der Waals surface area contributed by atoms with Crippen LogP contribution in [0.5, 0.6) is 0 Å². The molecule has 1 nitrogen and oxygen atoms in total. The fourth-order valence-corrected chi connectivity index (χ4v) is 3.92. The number of nitrogens with one attached hydrogen (secondary N) is 1. The van der Waals surface area contributed by atoms with Crippen molar-refractivity contribution in [2.75, 3.05) is 13.1 Å². The molecule has 1 unspecified atom stereocenters. The highest BCUT2D eigenvalue weighted by Crippen LogP contribution is 2.34. The topological polar surface area (TPSA) is 12.0 Å². The Morgan fingerprint density at radius 1 is 1.05 bits per heavy atom. The SMILES string of the molecule is CCNCC(Cc1cccc2ccccc12)C1CCCC1. The molecule has 1 atom stereocenters. The molecule has 2 aromatic carbocycles. The average Bonchev–Trinajstić information content (AvgIpc) is 3.06. The van der Waals surface area contributed by atoms with Gasteiger partial charge in [-0.15, -0.1) is 0 Å². The van der Waals surface area contributed by atoms with Crippen LogP contribution < -0.4 is 5.32 Å². The van der Waals surface area contributed by atoms with Gasteiger partial charge in [0.1, 0.15) is 0 Å². The zero-order valence-electron chi connectivity index (χ0n) is 13.1. The van der Waals surface area contributed by atoms with Gasteiger partial charge in [-0.1, -0.05) is 75.1 Å². The van der Waals surface area contributed by atoms with Gasteiger partial charge >= 0.3 is 0 Å². The molecule has 21 heavy (non-hydrogen) atoms. The summed E-state index contributed by atoms with van der Waals surface area (Å²) in [5, 5.41) is 6.42. The van der Waals surface area contributed by atoms with E-state index in [1.165, 1.54) is 55.0 Å². The molecule has 0 amide bonds. The summed E-state index contributed by atoms with van der Waals surface area (Å²) in [6.45, 7) is 4.47. The van der Waals surface area contributed by atoms with Crippen molar-refractivity contribution in [1.29, 1.82) is 0 Å². The van der Waals surface area contributed by atoms with Gasteiger partial charge in [0.25, 0.3) is 0 Å². The second-order valence-corrected chi connectivity index (χ2v) is 6.45. The Morgan fingerprint density at radius 3 is 2.62 bits per heavy atom. The summed E-state index contributed by atoms with van der Waals surface area (Å²) >= 11 is 0. The Bertz CT molecular complexity index is 564. The van der Waals surface area contributed by atoms with E-state index < -0.39 is 0 Å². The highest BCUT2D eigenvalue weighted by molar-refractivity contribution is 5.85. The van der Waals surface area contributed by atoms with E-state index in [-0.39, 0.29) is 0 Å². The van der Waals surface area contributed by atoms with E-state index in [9.17, 15) is 0 Å². The molecule has 0 aliphatic heterocycles. The number of hydrogen-bond acceptors (Lipinski definition) is 1. The summed E-state index contributed by atoms with van der Waals surface area (Å²) in [7, 11) is 0. The van der Waals surface area contributed by atoms with Crippen molar-refractivity contribution in [3.05, 3.63) is 48.0 Å². The molecule has 1 aliphatic carbocycles. The Kier molecular flexibility index (Phi) is 4.92. The third-order valence-corrected chi connectivity index (χ3v) is 5.09. The molecule has 1 heteroatoms. The first kappa shape index (κ1) is 14.6. The van der Waals surface area contributed by atoms with E-state index in [4.69, 9.17) is 0 Å². The molecule has 0 heterocycles. The number of fused-ring (bicyclic) bond motifs is 1. The van der Waals surface area contributed by atoms with E-state index in [0.29, 0.717) is 0 Å². The first-order valence-electron chi connectivity index (χ1n) is 8.56. The molecule has 0 saturated heterocycles. The van der Waals surface area contributed by atoms with E-state index in [2.05, 4.69) is 54.7 Å². The zero-order valence-corrected chi connectivity index (χ0v) is 13.1. The molecule has 112 valence electrons.